The third-order valence-corrected chi connectivity index (χ3v) is 20.8. The molecule has 0 radical (unpaired) electrons. The van der Waals surface area contributed by atoms with E-state index in [-0.39, 0.29) is 24.7 Å². The lowest BCUT2D eigenvalue weighted by atomic mass is 9.79. The van der Waals surface area contributed by atoms with Crippen molar-refractivity contribution in [1.29, 1.82) is 0 Å². The number of aliphatic hydroxyl groups excluding tert-OH is 1. The molecule has 6 heteroatoms. The predicted molar refractivity (Wildman–Crippen MR) is 179 cm³/mol. The van der Waals surface area contributed by atoms with E-state index in [4.69, 9.17) is 8.85 Å². The molecule has 0 rings (SSSR count). The summed E-state index contributed by atoms with van der Waals surface area (Å²) in [5.74, 6) is 0.945. The van der Waals surface area contributed by atoms with Crippen LogP contribution in [0.15, 0.2) is 21.3 Å². The highest BCUT2D eigenvalue weighted by Gasteiger charge is 2.46. The Morgan fingerprint density at radius 3 is 1.51 bits per heavy atom. The summed E-state index contributed by atoms with van der Waals surface area (Å²) in [6.07, 6.45) is 4.61. The second kappa shape index (κ2) is 18.1. The molecule has 0 aliphatic heterocycles. The van der Waals surface area contributed by atoms with Gasteiger partial charge in [-0.1, -0.05) is 116 Å². The molecule has 0 fully saturated rings. The summed E-state index contributed by atoms with van der Waals surface area (Å²) >= 11 is 2.38. The second-order valence-electron chi connectivity index (χ2n) is 12.3. The quantitative estimate of drug-likeness (QED) is 0.0847. The van der Waals surface area contributed by atoms with Gasteiger partial charge in [-0.2, -0.15) is 0 Å². The number of allylic oxidation sites excluding steroid dienone is 1. The molecule has 37 heavy (non-hydrogen) atoms. The molecule has 0 unspecified atom stereocenters. The average molecular weight is 667 g/mol. The molecule has 0 saturated heterocycles. The summed E-state index contributed by atoms with van der Waals surface area (Å²) in [5, 5.41) is 9.85. The van der Waals surface area contributed by atoms with Crippen LogP contribution in [0.4, 0.5) is 0 Å². The van der Waals surface area contributed by atoms with Gasteiger partial charge >= 0.3 is 0 Å². The van der Waals surface area contributed by atoms with Gasteiger partial charge in [0.25, 0.3) is 0 Å². The zero-order valence-electron chi connectivity index (χ0n) is 26.8. The minimum Gasteiger partial charge on any atom is -0.413 e. The summed E-state index contributed by atoms with van der Waals surface area (Å²) in [4.78, 5) is 0. The molecule has 0 heterocycles. The lowest BCUT2D eigenvalue weighted by Crippen LogP contribution is -2.54. The highest BCUT2D eigenvalue weighted by atomic mass is 127. The molecular weight excluding hydrogens is 603 g/mol. The van der Waals surface area contributed by atoms with Crippen LogP contribution >= 0.6 is 22.6 Å². The van der Waals surface area contributed by atoms with Gasteiger partial charge in [-0.15, -0.1) is 0 Å². The van der Waals surface area contributed by atoms with E-state index in [2.05, 4.69) is 116 Å². The van der Waals surface area contributed by atoms with E-state index in [1.807, 2.05) is 6.92 Å². The molecule has 0 aromatic rings. The third kappa shape index (κ3) is 10.5. The van der Waals surface area contributed by atoms with Gasteiger partial charge in [0.2, 0.25) is 0 Å². The Hall–Kier alpha value is 0.524. The Morgan fingerprint density at radius 2 is 1.19 bits per heavy atom. The molecule has 0 aliphatic carbocycles. The van der Waals surface area contributed by atoms with Crippen molar-refractivity contribution >= 4 is 39.2 Å². The summed E-state index contributed by atoms with van der Waals surface area (Å²) in [5.41, 5.74) is 3.60. The molecule has 0 bridgehead atoms. The minimum atomic E-state index is -1.95. The number of halogens is 1. The summed E-state index contributed by atoms with van der Waals surface area (Å²) in [6, 6.07) is 4.58. The molecule has 0 aliphatic rings. The van der Waals surface area contributed by atoms with Crippen LogP contribution in [0.2, 0.25) is 35.3 Å². The molecule has 0 spiro atoms. The lowest BCUT2D eigenvalue weighted by Gasteiger charge is -2.48. The van der Waals surface area contributed by atoms with Crippen molar-refractivity contribution < 1.29 is 14.0 Å². The van der Waals surface area contributed by atoms with Gasteiger partial charge in [0.1, 0.15) is 0 Å². The molecule has 0 amide bonds. The lowest BCUT2D eigenvalue weighted by molar-refractivity contribution is -0.0175. The standard InChI is InChI=1S/C31H63IO3Si2/c1-14-29(30(27(12)19-25(10)21-32)34-36(15-2,16-3)23(6)7)31(28(13)20-26(11)22-33)35-37(17-4,18-5)24(8)9/h20-21,23-24,27-31,33H,14-19,22H2,1-13H3/b25-21+,26-20+/t27-,28-,29+,30+,31-/m1/s1. The van der Waals surface area contributed by atoms with Crippen LogP contribution < -0.4 is 0 Å². The van der Waals surface area contributed by atoms with E-state index < -0.39 is 16.6 Å². The first-order chi connectivity index (χ1) is 17.3. The fourth-order valence-electron chi connectivity index (χ4n) is 6.41. The van der Waals surface area contributed by atoms with Gasteiger partial charge in [-0.05, 0) is 77.9 Å². The van der Waals surface area contributed by atoms with Gasteiger partial charge in [-0.25, -0.2) is 0 Å². The van der Waals surface area contributed by atoms with E-state index in [0.717, 1.165) is 42.6 Å². The molecular formula is C31H63IO3Si2. The van der Waals surface area contributed by atoms with Crippen molar-refractivity contribution in [1.82, 2.24) is 0 Å². The molecule has 3 nitrogen and oxygen atoms in total. The SMILES string of the molecule is CC[C@@H]([C@@H](O[Si](CC)(CC)C(C)C)[C@H](C)C/C(C)=C/I)[C@H](O[Si](CC)(CC)C(C)C)[C@H](C)/C=C(\C)CO. The monoisotopic (exact) mass is 666 g/mol. The summed E-state index contributed by atoms with van der Waals surface area (Å²) < 4.78 is 17.3. The Balaban J connectivity index is 6.98. The first kappa shape index (κ1) is 37.5. The maximum atomic E-state index is 9.85. The highest BCUT2D eigenvalue weighted by molar-refractivity contribution is 14.1. The van der Waals surface area contributed by atoms with E-state index in [0.29, 0.717) is 22.9 Å². The average Bonchev–Trinajstić information content (AvgIpc) is 2.87. The topological polar surface area (TPSA) is 38.7 Å². The maximum Gasteiger partial charge on any atom is 0.195 e. The summed E-state index contributed by atoms with van der Waals surface area (Å²) in [6.45, 7) is 30.3. The Labute approximate surface area is 248 Å². The largest absolute Gasteiger partial charge is 0.413 e. The summed E-state index contributed by atoms with van der Waals surface area (Å²) in [7, 11) is -3.88. The van der Waals surface area contributed by atoms with Crippen LogP contribution in [0.3, 0.4) is 0 Å². The van der Waals surface area contributed by atoms with Crippen LogP contribution in [-0.4, -0.2) is 40.6 Å². The number of hydrogen-bond acceptors (Lipinski definition) is 3. The van der Waals surface area contributed by atoms with Gasteiger partial charge in [0, 0.05) is 5.92 Å². The fraction of sp³-hybridized carbons (Fsp3) is 0.871. The van der Waals surface area contributed by atoms with Crippen LogP contribution in [0.1, 0.15) is 103 Å². The van der Waals surface area contributed by atoms with Crippen LogP contribution in [0.5, 0.6) is 0 Å². The number of hydrogen-bond donors (Lipinski definition) is 1. The van der Waals surface area contributed by atoms with Crippen molar-refractivity contribution in [3.05, 3.63) is 21.3 Å². The van der Waals surface area contributed by atoms with Gasteiger partial charge in [0.05, 0.1) is 18.8 Å². The van der Waals surface area contributed by atoms with Gasteiger partial charge in [0.15, 0.2) is 16.6 Å². The Bertz CT molecular complexity index is 684. The van der Waals surface area contributed by atoms with Crippen LogP contribution in [0, 0.1) is 17.8 Å². The van der Waals surface area contributed by atoms with Crippen molar-refractivity contribution in [3.63, 3.8) is 0 Å². The number of rotatable bonds is 19. The zero-order chi connectivity index (χ0) is 29.0. The maximum absolute atomic E-state index is 9.85. The van der Waals surface area contributed by atoms with Crippen molar-refractivity contribution in [2.24, 2.45) is 17.8 Å². The first-order valence-corrected chi connectivity index (χ1v) is 21.2. The fourth-order valence-corrected chi connectivity index (χ4v) is 14.0. The molecule has 1 N–H and O–H groups in total. The molecule has 220 valence electrons. The smallest absolute Gasteiger partial charge is 0.195 e. The van der Waals surface area contributed by atoms with Gasteiger partial charge < -0.3 is 14.0 Å². The van der Waals surface area contributed by atoms with Crippen molar-refractivity contribution in [2.75, 3.05) is 6.61 Å². The predicted octanol–water partition coefficient (Wildman–Crippen LogP) is 10.5. The van der Waals surface area contributed by atoms with E-state index >= 15 is 0 Å². The highest BCUT2D eigenvalue weighted by Crippen LogP contribution is 2.42. The molecule has 0 aromatic heterocycles. The van der Waals surface area contributed by atoms with Gasteiger partial charge in [-0.3, -0.25) is 0 Å². The van der Waals surface area contributed by atoms with E-state index in [1.165, 1.54) is 5.57 Å². The normalized spacial score (nSPS) is 18.3. The second-order valence-corrected chi connectivity index (χ2v) is 22.7. The molecule has 0 aromatic carbocycles. The zero-order valence-corrected chi connectivity index (χ0v) is 30.9. The minimum absolute atomic E-state index is 0.0874. The van der Waals surface area contributed by atoms with Crippen LogP contribution in [0.25, 0.3) is 0 Å². The first-order valence-electron chi connectivity index (χ1n) is 15.2. The van der Waals surface area contributed by atoms with Crippen molar-refractivity contribution in [2.45, 2.75) is 150 Å². The Morgan fingerprint density at radius 1 is 0.757 bits per heavy atom. The number of aliphatic hydroxyl groups is 1. The van der Waals surface area contributed by atoms with Crippen molar-refractivity contribution in [3.8, 4) is 0 Å². The van der Waals surface area contributed by atoms with Crippen LogP contribution in [-0.2, 0) is 8.85 Å². The molecule has 0 saturated carbocycles. The molecule has 5 atom stereocenters. The Kier molecular flexibility index (Phi) is 18.3. The third-order valence-electron chi connectivity index (χ3n) is 9.26. The van der Waals surface area contributed by atoms with E-state index in [9.17, 15) is 5.11 Å². The van der Waals surface area contributed by atoms with E-state index in [1.54, 1.807) is 0 Å².